The monoisotopic (exact) mass is 461 g/mol. The third-order valence-corrected chi connectivity index (χ3v) is 7.09. The Morgan fingerprint density at radius 2 is 1.91 bits per heavy atom. The number of ether oxygens (including phenoxy) is 1. The fourth-order valence-corrected chi connectivity index (χ4v) is 5.35. The van der Waals surface area contributed by atoms with Crippen molar-refractivity contribution in [3.8, 4) is 11.1 Å². The Bertz CT molecular complexity index is 1130. The highest BCUT2D eigenvalue weighted by Crippen LogP contribution is 2.46. The molecule has 2 bridgehead atoms. The number of sulfonamides is 1. The van der Waals surface area contributed by atoms with E-state index < -0.39 is 21.6 Å². The summed E-state index contributed by atoms with van der Waals surface area (Å²) in [6, 6.07) is 7.57. The average molecular weight is 462 g/mol. The zero-order valence-electron chi connectivity index (χ0n) is 18.4. The molecule has 2 aliphatic heterocycles. The molecule has 1 amide bonds. The Labute approximate surface area is 187 Å². The number of amides is 1. The van der Waals surface area contributed by atoms with E-state index in [1.807, 2.05) is 25.7 Å². The van der Waals surface area contributed by atoms with Gasteiger partial charge in [-0.15, -0.1) is 0 Å². The zero-order valence-corrected chi connectivity index (χ0v) is 19.2. The van der Waals surface area contributed by atoms with Gasteiger partial charge < -0.3 is 9.64 Å². The zero-order chi connectivity index (χ0) is 23.3. The predicted octanol–water partition coefficient (Wildman–Crippen LogP) is 4.18. The standard InChI is InChI=1S/C23H28FN3O4S/c1-23(2,3)31-22(28)27-16-5-4-6-20(27)18(12-16)15-11-19(21(24)26-13-15)14-7-9-17(10-8-14)32(25,29)30/h7-11,13,16,18,20H,4-6,12H2,1-3H3,(H2,25,29,30). The molecule has 0 radical (unpaired) electrons. The average Bonchev–Trinajstić information content (AvgIpc) is 2.92. The van der Waals surface area contributed by atoms with E-state index in [1.54, 1.807) is 6.07 Å². The number of pyridine rings is 1. The number of primary sulfonamides is 1. The first-order chi connectivity index (χ1) is 14.9. The molecule has 1 aromatic carbocycles. The van der Waals surface area contributed by atoms with Gasteiger partial charge in [0.2, 0.25) is 16.0 Å². The second-order valence-corrected chi connectivity index (χ2v) is 11.1. The van der Waals surface area contributed by atoms with E-state index in [0.29, 0.717) is 5.56 Å². The van der Waals surface area contributed by atoms with E-state index in [1.165, 1.54) is 30.5 Å². The van der Waals surface area contributed by atoms with Crippen molar-refractivity contribution in [3.05, 3.63) is 48.0 Å². The summed E-state index contributed by atoms with van der Waals surface area (Å²) in [7, 11) is -3.83. The Morgan fingerprint density at radius 1 is 1.22 bits per heavy atom. The lowest BCUT2D eigenvalue weighted by Crippen LogP contribution is -2.47. The molecule has 1 aromatic heterocycles. The molecule has 2 aliphatic rings. The minimum atomic E-state index is -3.83. The highest BCUT2D eigenvalue weighted by Gasteiger charge is 2.48. The first-order valence-electron chi connectivity index (χ1n) is 10.7. The summed E-state index contributed by atoms with van der Waals surface area (Å²) in [5.74, 6) is -0.604. The second kappa shape index (κ2) is 8.12. The minimum Gasteiger partial charge on any atom is -0.444 e. The summed E-state index contributed by atoms with van der Waals surface area (Å²) in [6.07, 6.45) is 4.82. The minimum absolute atomic E-state index is 0.0199. The summed E-state index contributed by atoms with van der Waals surface area (Å²) >= 11 is 0. The van der Waals surface area contributed by atoms with Crippen LogP contribution in [-0.4, -0.2) is 42.1 Å². The van der Waals surface area contributed by atoms with Crippen LogP contribution in [0.1, 0.15) is 57.9 Å². The van der Waals surface area contributed by atoms with E-state index in [2.05, 4.69) is 4.98 Å². The van der Waals surface area contributed by atoms with Crippen molar-refractivity contribution in [2.45, 2.75) is 75.0 Å². The molecule has 2 N–H and O–H groups in total. The van der Waals surface area contributed by atoms with Gasteiger partial charge >= 0.3 is 6.09 Å². The van der Waals surface area contributed by atoms with Crippen LogP contribution in [0.3, 0.4) is 0 Å². The van der Waals surface area contributed by atoms with Gasteiger partial charge in [0.1, 0.15) is 5.60 Å². The summed E-state index contributed by atoms with van der Waals surface area (Å²) in [5, 5.41) is 5.15. The van der Waals surface area contributed by atoms with Crippen molar-refractivity contribution < 1.29 is 22.3 Å². The maximum Gasteiger partial charge on any atom is 0.410 e. The molecule has 3 unspecified atom stereocenters. The topological polar surface area (TPSA) is 103 Å². The van der Waals surface area contributed by atoms with Gasteiger partial charge in [0.15, 0.2) is 0 Å². The number of carbonyl (C=O) groups is 1. The lowest BCUT2D eigenvalue weighted by Gasteiger charge is -2.37. The van der Waals surface area contributed by atoms with Gasteiger partial charge in [-0.1, -0.05) is 12.1 Å². The SMILES string of the molecule is CC(C)(C)OC(=O)N1C2CCCC1C(c1cnc(F)c(-c3ccc(S(N)(=O)=O)cc3)c1)C2. The van der Waals surface area contributed by atoms with Crippen LogP contribution in [-0.2, 0) is 14.8 Å². The van der Waals surface area contributed by atoms with Crippen molar-refractivity contribution >= 4 is 16.1 Å². The fraction of sp³-hybridized carbons (Fsp3) is 0.478. The Balaban J connectivity index is 1.64. The van der Waals surface area contributed by atoms with Crippen LogP contribution < -0.4 is 5.14 Å². The van der Waals surface area contributed by atoms with Crippen molar-refractivity contribution in [2.75, 3.05) is 0 Å². The smallest absolute Gasteiger partial charge is 0.410 e. The molecule has 3 atom stereocenters. The van der Waals surface area contributed by atoms with Gasteiger partial charge in [0.25, 0.3) is 0 Å². The van der Waals surface area contributed by atoms with Crippen LogP contribution in [0.2, 0.25) is 0 Å². The van der Waals surface area contributed by atoms with Crippen LogP contribution in [0, 0.1) is 5.95 Å². The Hall–Kier alpha value is -2.52. The first-order valence-corrected chi connectivity index (χ1v) is 12.3. The van der Waals surface area contributed by atoms with Crippen LogP contribution >= 0.6 is 0 Å². The molecular formula is C23H28FN3O4S. The van der Waals surface area contributed by atoms with E-state index in [-0.39, 0.29) is 34.6 Å². The molecule has 0 spiro atoms. The van der Waals surface area contributed by atoms with Gasteiger partial charge in [-0.3, -0.25) is 0 Å². The molecule has 32 heavy (non-hydrogen) atoms. The highest BCUT2D eigenvalue weighted by molar-refractivity contribution is 7.89. The van der Waals surface area contributed by atoms with Crippen LogP contribution in [0.25, 0.3) is 11.1 Å². The third-order valence-electron chi connectivity index (χ3n) is 6.16. The number of hydrogen-bond donors (Lipinski definition) is 1. The van der Waals surface area contributed by atoms with Gasteiger partial charge in [0.05, 0.1) is 4.90 Å². The van der Waals surface area contributed by atoms with Crippen LogP contribution in [0.15, 0.2) is 41.4 Å². The van der Waals surface area contributed by atoms with E-state index in [4.69, 9.17) is 9.88 Å². The molecule has 3 heterocycles. The maximum atomic E-state index is 14.6. The van der Waals surface area contributed by atoms with Crippen LogP contribution in [0.4, 0.5) is 9.18 Å². The van der Waals surface area contributed by atoms with Gasteiger partial charge in [-0.05, 0) is 75.8 Å². The molecule has 2 fully saturated rings. The van der Waals surface area contributed by atoms with Crippen molar-refractivity contribution in [3.63, 3.8) is 0 Å². The van der Waals surface area contributed by atoms with Crippen molar-refractivity contribution in [2.24, 2.45) is 5.14 Å². The quantitative estimate of drug-likeness (QED) is 0.691. The predicted molar refractivity (Wildman–Crippen MR) is 118 cm³/mol. The van der Waals surface area contributed by atoms with Crippen molar-refractivity contribution in [1.29, 1.82) is 0 Å². The molecule has 9 heteroatoms. The number of fused-ring (bicyclic) bond motifs is 2. The number of carbonyl (C=O) groups excluding carboxylic acids is 1. The third kappa shape index (κ3) is 4.49. The fourth-order valence-electron chi connectivity index (χ4n) is 4.84. The van der Waals surface area contributed by atoms with Gasteiger partial charge in [0, 0.05) is 29.8 Å². The number of nitrogens with zero attached hydrogens (tertiary/aromatic N) is 2. The van der Waals surface area contributed by atoms with Crippen molar-refractivity contribution in [1.82, 2.24) is 9.88 Å². The Kier molecular flexibility index (Phi) is 5.75. The molecule has 0 saturated carbocycles. The number of nitrogens with two attached hydrogens (primary N) is 1. The summed E-state index contributed by atoms with van der Waals surface area (Å²) < 4.78 is 43.2. The number of piperidine rings is 1. The molecular weight excluding hydrogens is 433 g/mol. The largest absolute Gasteiger partial charge is 0.444 e. The van der Waals surface area contributed by atoms with Gasteiger partial charge in [-0.2, -0.15) is 4.39 Å². The number of hydrogen-bond acceptors (Lipinski definition) is 5. The first kappa shape index (κ1) is 22.7. The number of aromatic nitrogens is 1. The normalized spacial score (nSPS) is 23.3. The lowest BCUT2D eigenvalue weighted by atomic mass is 9.90. The second-order valence-electron chi connectivity index (χ2n) is 9.56. The number of benzene rings is 1. The van der Waals surface area contributed by atoms with E-state index in [9.17, 15) is 17.6 Å². The molecule has 2 aromatic rings. The molecule has 7 nitrogen and oxygen atoms in total. The van der Waals surface area contributed by atoms with Crippen LogP contribution in [0.5, 0.6) is 0 Å². The number of halogens is 1. The molecule has 4 rings (SSSR count). The Morgan fingerprint density at radius 3 is 2.53 bits per heavy atom. The van der Waals surface area contributed by atoms with Gasteiger partial charge in [-0.25, -0.2) is 23.3 Å². The highest BCUT2D eigenvalue weighted by atomic mass is 32.2. The van der Waals surface area contributed by atoms with E-state index >= 15 is 0 Å². The summed E-state index contributed by atoms with van der Waals surface area (Å²) in [6.45, 7) is 5.56. The molecule has 2 saturated heterocycles. The number of rotatable bonds is 3. The lowest BCUT2D eigenvalue weighted by molar-refractivity contribution is 0.00707. The molecule has 0 aliphatic carbocycles. The maximum absolute atomic E-state index is 14.6. The molecule has 172 valence electrons. The summed E-state index contributed by atoms with van der Waals surface area (Å²) in [4.78, 5) is 18.7. The summed E-state index contributed by atoms with van der Waals surface area (Å²) in [5.41, 5.74) is 1.08. The van der Waals surface area contributed by atoms with E-state index in [0.717, 1.165) is 31.2 Å².